The molecule has 1 aliphatic heterocycles. The third-order valence-corrected chi connectivity index (χ3v) is 5.04. The summed E-state index contributed by atoms with van der Waals surface area (Å²) in [6.07, 6.45) is 0.815. The Morgan fingerprint density at radius 1 is 1.29 bits per heavy atom. The highest BCUT2D eigenvalue weighted by Gasteiger charge is 2.27. The number of hydrogen-bond donors (Lipinski definition) is 2. The second-order valence-electron chi connectivity index (χ2n) is 4.96. The Labute approximate surface area is 123 Å². The predicted molar refractivity (Wildman–Crippen MR) is 77.1 cm³/mol. The molecule has 0 spiro atoms. The zero-order valence-electron chi connectivity index (χ0n) is 11.8. The summed E-state index contributed by atoms with van der Waals surface area (Å²) in [4.78, 5) is 23.1. The number of rotatable bonds is 4. The number of benzene rings is 1. The summed E-state index contributed by atoms with van der Waals surface area (Å²) >= 11 is 0. The van der Waals surface area contributed by atoms with Crippen LogP contribution in [0.15, 0.2) is 29.2 Å². The average Bonchev–Trinajstić information content (AvgIpc) is 2.86. The molecule has 1 aliphatic rings. The molecular formula is C13H17N3O4S. The largest absolute Gasteiger partial charge is 0.344 e. The van der Waals surface area contributed by atoms with Gasteiger partial charge in [-0.05, 0) is 30.7 Å². The maximum Gasteiger partial charge on any atom is 0.246 e. The first-order valence-electron chi connectivity index (χ1n) is 6.43. The molecule has 0 radical (unpaired) electrons. The molecule has 21 heavy (non-hydrogen) atoms. The van der Waals surface area contributed by atoms with Crippen LogP contribution in [0.1, 0.15) is 12.8 Å². The fraction of sp³-hybridized carbons (Fsp3) is 0.385. The molecule has 1 aromatic carbocycles. The number of nitrogens with zero attached hydrogens (tertiary/aromatic N) is 1. The Bertz CT molecular complexity index is 652. The van der Waals surface area contributed by atoms with E-state index in [1.54, 1.807) is 0 Å². The number of anilines is 1. The minimum atomic E-state index is -3.48. The summed E-state index contributed by atoms with van der Waals surface area (Å²) < 4.78 is 24.9. The summed E-state index contributed by atoms with van der Waals surface area (Å²) in [7, 11) is -0.577. The van der Waals surface area contributed by atoms with E-state index in [2.05, 4.69) is 10.6 Å². The zero-order chi connectivity index (χ0) is 15.6. The lowest BCUT2D eigenvalue weighted by Gasteiger charge is -2.13. The number of hydrogen-bond acceptors (Lipinski definition) is 4. The van der Waals surface area contributed by atoms with Gasteiger partial charge in [0.25, 0.3) is 0 Å². The Morgan fingerprint density at radius 3 is 2.38 bits per heavy atom. The van der Waals surface area contributed by atoms with E-state index in [4.69, 9.17) is 0 Å². The number of sulfonamides is 1. The van der Waals surface area contributed by atoms with Gasteiger partial charge in [-0.15, -0.1) is 0 Å². The summed E-state index contributed by atoms with van der Waals surface area (Å²) in [5.74, 6) is -0.438. The van der Waals surface area contributed by atoms with Gasteiger partial charge in [0.1, 0.15) is 6.04 Å². The normalized spacial score (nSPS) is 18.6. The first kappa shape index (κ1) is 15.5. The van der Waals surface area contributed by atoms with Crippen LogP contribution < -0.4 is 10.6 Å². The minimum Gasteiger partial charge on any atom is -0.344 e. The topological polar surface area (TPSA) is 95.6 Å². The van der Waals surface area contributed by atoms with Crippen molar-refractivity contribution >= 4 is 27.5 Å². The number of amides is 2. The van der Waals surface area contributed by atoms with Gasteiger partial charge in [-0.3, -0.25) is 9.59 Å². The molecule has 0 saturated carbocycles. The van der Waals surface area contributed by atoms with Crippen LogP contribution in [0.3, 0.4) is 0 Å². The van der Waals surface area contributed by atoms with Crippen LogP contribution in [0, 0.1) is 0 Å². The maximum absolute atomic E-state index is 11.9. The lowest BCUT2D eigenvalue weighted by atomic mass is 10.2. The van der Waals surface area contributed by atoms with Crippen molar-refractivity contribution in [1.82, 2.24) is 9.62 Å². The van der Waals surface area contributed by atoms with Crippen molar-refractivity contribution < 1.29 is 18.0 Å². The van der Waals surface area contributed by atoms with E-state index in [1.807, 2.05) is 0 Å². The first-order valence-corrected chi connectivity index (χ1v) is 7.87. The van der Waals surface area contributed by atoms with E-state index in [9.17, 15) is 18.0 Å². The summed E-state index contributed by atoms with van der Waals surface area (Å²) in [6, 6.07) is 5.37. The molecule has 0 aromatic heterocycles. The van der Waals surface area contributed by atoms with E-state index in [1.165, 1.54) is 38.4 Å². The fourth-order valence-electron chi connectivity index (χ4n) is 1.96. The van der Waals surface area contributed by atoms with E-state index >= 15 is 0 Å². The van der Waals surface area contributed by atoms with Crippen LogP contribution in [0.2, 0.25) is 0 Å². The molecule has 114 valence electrons. The van der Waals surface area contributed by atoms with Crippen LogP contribution in [0.25, 0.3) is 0 Å². The van der Waals surface area contributed by atoms with Crippen molar-refractivity contribution in [2.75, 3.05) is 19.4 Å². The van der Waals surface area contributed by atoms with Gasteiger partial charge in [-0.2, -0.15) is 0 Å². The zero-order valence-corrected chi connectivity index (χ0v) is 12.6. The van der Waals surface area contributed by atoms with Crippen molar-refractivity contribution in [2.45, 2.75) is 23.8 Å². The van der Waals surface area contributed by atoms with Gasteiger partial charge in [0.15, 0.2) is 0 Å². The van der Waals surface area contributed by atoms with Gasteiger partial charge in [-0.25, -0.2) is 12.7 Å². The second-order valence-corrected chi connectivity index (χ2v) is 7.11. The SMILES string of the molecule is CN(C)S(=O)(=O)c1ccc(NC(=O)[C@@H]2CCC(=O)N2)cc1. The van der Waals surface area contributed by atoms with Crippen LogP contribution in [-0.4, -0.2) is 44.7 Å². The van der Waals surface area contributed by atoms with Gasteiger partial charge in [0.05, 0.1) is 4.90 Å². The lowest BCUT2D eigenvalue weighted by molar-refractivity contribution is -0.122. The van der Waals surface area contributed by atoms with Crippen LogP contribution in [0.5, 0.6) is 0 Å². The van der Waals surface area contributed by atoms with Crippen molar-refractivity contribution in [2.24, 2.45) is 0 Å². The molecule has 7 nitrogen and oxygen atoms in total. The minimum absolute atomic E-state index is 0.137. The third-order valence-electron chi connectivity index (χ3n) is 3.21. The Hall–Kier alpha value is -1.93. The molecule has 1 fully saturated rings. The van der Waals surface area contributed by atoms with Crippen molar-refractivity contribution in [3.63, 3.8) is 0 Å². The van der Waals surface area contributed by atoms with Gasteiger partial charge in [0, 0.05) is 26.2 Å². The molecule has 8 heteroatoms. The number of carbonyl (C=O) groups excluding carboxylic acids is 2. The van der Waals surface area contributed by atoms with E-state index in [0.717, 1.165) is 4.31 Å². The maximum atomic E-state index is 11.9. The second kappa shape index (κ2) is 5.82. The van der Waals surface area contributed by atoms with Crippen molar-refractivity contribution in [1.29, 1.82) is 0 Å². The summed E-state index contributed by atoms with van der Waals surface area (Å²) in [5.41, 5.74) is 0.485. The highest BCUT2D eigenvalue weighted by Crippen LogP contribution is 2.17. The Kier molecular flexibility index (Phi) is 4.29. The van der Waals surface area contributed by atoms with Gasteiger partial charge in [-0.1, -0.05) is 0 Å². The van der Waals surface area contributed by atoms with Crippen LogP contribution in [0.4, 0.5) is 5.69 Å². The van der Waals surface area contributed by atoms with E-state index < -0.39 is 16.1 Å². The molecule has 2 rings (SSSR count). The molecule has 0 bridgehead atoms. The smallest absolute Gasteiger partial charge is 0.246 e. The average molecular weight is 311 g/mol. The first-order chi connectivity index (χ1) is 9.80. The molecule has 1 saturated heterocycles. The van der Waals surface area contributed by atoms with Crippen LogP contribution in [-0.2, 0) is 19.6 Å². The van der Waals surface area contributed by atoms with E-state index in [0.29, 0.717) is 18.5 Å². The number of carbonyl (C=O) groups is 2. The molecule has 1 heterocycles. The quantitative estimate of drug-likeness (QED) is 0.827. The molecule has 0 aliphatic carbocycles. The standard InChI is InChI=1S/C13H17N3O4S/c1-16(2)21(19,20)10-5-3-9(4-6-10)14-13(18)11-7-8-12(17)15-11/h3-6,11H,7-8H2,1-2H3,(H,14,18)(H,15,17)/t11-/m0/s1. The Balaban J connectivity index is 2.06. The predicted octanol–water partition coefficient (Wildman–Crippen LogP) is 0.154. The lowest BCUT2D eigenvalue weighted by Crippen LogP contribution is -2.37. The van der Waals surface area contributed by atoms with Gasteiger partial charge >= 0.3 is 0 Å². The van der Waals surface area contributed by atoms with Crippen LogP contribution >= 0.6 is 0 Å². The molecular weight excluding hydrogens is 294 g/mol. The van der Waals surface area contributed by atoms with Gasteiger partial charge < -0.3 is 10.6 Å². The van der Waals surface area contributed by atoms with Crippen molar-refractivity contribution in [3.8, 4) is 0 Å². The molecule has 2 N–H and O–H groups in total. The highest BCUT2D eigenvalue weighted by atomic mass is 32.2. The fourth-order valence-corrected chi connectivity index (χ4v) is 2.86. The molecule has 1 atom stereocenters. The highest BCUT2D eigenvalue weighted by molar-refractivity contribution is 7.89. The monoisotopic (exact) mass is 311 g/mol. The van der Waals surface area contributed by atoms with Gasteiger partial charge in [0.2, 0.25) is 21.8 Å². The molecule has 0 unspecified atom stereocenters. The third kappa shape index (κ3) is 3.40. The van der Waals surface area contributed by atoms with Crippen molar-refractivity contribution in [3.05, 3.63) is 24.3 Å². The Morgan fingerprint density at radius 2 is 1.90 bits per heavy atom. The van der Waals surface area contributed by atoms with E-state index in [-0.39, 0.29) is 16.7 Å². The summed E-state index contributed by atoms with van der Waals surface area (Å²) in [6.45, 7) is 0. The molecule has 2 amide bonds. The number of nitrogens with one attached hydrogen (secondary N) is 2. The summed E-state index contributed by atoms with van der Waals surface area (Å²) in [5, 5.41) is 5.22. The molecule has 1 aromatic rings.